The SMILES string of the molecule is COc1ccc(-n2c(SCC(=O)N/N=C/c3ccccc3O)nnc2-c2ccc(C(C)(C)C)cc2)cc1. The summed E-state index contributed by atoms with van der Waals surface area (Å²) in [5.74, 6) is 1.27. The summed E-state index contributed by atoms with van der Waals surface area (Å²) in [4.78, 5) is 12.4. The molecule has 0 fully saturated rings. The van der Waals surface area contributed by atoms with E-state index in [-0.39, 0.29) is 22.8 Å². The van der Waals surface area contributed by atoms with Crippen molar-refractivity contribution in [1.82, 2.24) is 20.2 Å². The Balaban J connectivity index is 1.56. The minimum absolute atomic E-state index is 0.0400. The van der Waals surface area contributed by atoms with Crippen molar-refractivity contribution in [3.05, 3.63) is 83.9 Å². The number of aromatic hydroxyl groups is 1. The van der Waals surface area contributed by atoms with Gasteiger partial charge in [0.15, 0.2) is 11.0 Å². The Bertz CT molecular complexity index is 1390. The zero-order chi connectivity index (χ0) is 26.4. The van der Waals surface area contributed by atoms with E-state index in [9.17, 15) is 9.90 Å². The largest absolute Gasteiger partial charge is 0.507 e. The van der Waals surface area contributed by atoms with Crippen LogP contribution in [0, 0.1) is 0 Å². The molecule has 0 aliphatic carbocycles. The standard InChI is InChI=1S/C28H29N5O3S/c1-28(2,3)21-11-9-19(10-12-21)26-31-32-27(33(26)22-13-15-23(36-4)16-14-22)37-18-25(35)30-29-17-20-7-5-6-8-24(20)34/h5-17,34H,18H2,1-4H3,(H,30,35)/b29-17+. The van der Waals surface area contributed by atoms with Crippen LogP contribution in [0.2, 0.25) is 0 Å². The molecule has 0 bridgehead atoms. The summed E-state index contributed by atoms with van der Waals surface area (Å²) >= 11 is 1.26. The number of hydrazone groups is 1. The van der Waals surface area contributed by atoms with E-state index in [2.05, 4.69) is 53.6 Å². The second kappa shape index (κ2) is 11.3. The number of aromatic nitrogens is 3. The Labute approximate surface area is 220 Å². The van der Waals surface area contributed by atoms with Gasteiger partial charge in [0.2, 0.25) is 0 Å². The molecule has 190 valence electrons. The molecule has 1 amide bonds. The summed E-state index contributed by atoms with van der Waals surface area (Å²) in [6.45, 7) is 6.52. The van der Waals surface area contributed by atoms with Crippen molar-refractivity contribution in [2.75, 3.05) is 12.9 Å². The highest BCUT2D eigenvalue weighted by atomic mass is 32.2. The smallest absolute Gasteiger partial charge is 0.250 e. The molecule has 9 heteroatoms. The van der Waals surface area contributed by atoms with Crippen molar-refractivity contribution in [2.45, 2.75) is 31.3 Å². The van der Waals surface area contributed by atoms with Gasteiger partial charge in [0.25, 0.3) is 5.91 Å². The molecule has 0 aliphatic rings. The van der Waals surface area contributed by atoms with Gasteiger partial charge in [-0.2, -0.15) is 5.10 Å². The maximum atomic E-state index is 12.4. The lowest BCUT2D eigenvalue weighted by Gasteiger charge is -2.19. The number of ether oxygens (including phenoxy) is 1. The topological polar surface area (TPSA) is 102 Å². The number of thioether (sulfide) groups is 1. The third-order valence-electron chi connectivity index (χ3n) is 5.64. The first kappa shape index (κ1) is 26.0. The van der Waals surface area contributed by atoms with Crippen molar-refractivity contribution < 1.29 is 14.6 Å². The third kappa shape index (κ3) is 6.37. The normalized spacial score (nSPS) is 11.6. The molecule has 37 heavy (non-hydrogen) atoms. The lowest BCUT2D eigenvalue weighted by atomic mass is 9.87. The van der Waals surface area contributed by atoms with E-state index in [0.717, 1.165) is 17.0 Å². The highest BCUT2D eigenvalue weighted by Gasteiger charge is 2.19. The molecule has 8 nitrogen and oxygen atoms in total. The molecule has 1 aromatic heterocycles. The molecule has 4 aromatic rings. The fourth-order valence-electron chi connectivity index (χ4n) is 3.57. The van der Waals surface area contributed by atoms with E-state index in [1.165, 1.54) is 23.5 Å². The molecule has 0 saturated heterocycles. The van der Waals surface area contributed by atoms with Crippen LogP contribution in [-0.4, -0.2) is 44.9 Å². The molecule has 3 aromatic carbocycles. The van der Waals surface area contributed by atoms with Gasteiger partial charge in [0.05, 0.1) is 19.1 Å². The summed E-state index contributed by atoms with van der Waals surface area (Å²) in [5, 5.41) is 23.2. The van der Waals surface area contributed by atoms with E-state index in [1.807, 2.05) is 41.0 Å². The number of hydrogen-bond donors (Lipinski definition) is 2. The Morgan fingerprint density at radius 2 is 1.76 bits per heavy atom. The molecule has 0 atom stereocenters. The number of rotatable bonds is 8. The Hall–Kier alpha value is -4.11. The molecule has 0 unspecified atom stereocenters. The number of methoxy groups -OCH3 is 1. The third-order valence-corrected chi connectivity index (χ3v) is 6.56. The first-order valence-electron chi connectivity index (χ1n) is 11.7. The van der Waals surface area contributed by atoms with Crippen molar-refractivity contribution in [2.24, 2.45) is 5.10 Å². The summed E-state index contributed by atoms with van der Waals surface area (Å²) < 4.78 is 7.23. The Kier molecular flexibility index (Phi) is 7.93. The van der Waals surface area contributed by atoms with Crippen LogP contribution in [0.15, 0.2) is 83.1 Å². The van der Waals surface area contributed by atoms with Crippen LogP contribution in [0.3, 0.4) is 0 Å². The second-order valence-electron chi connectivity index (χ2n) is 9.31. The number of amides is 1. The highest BCUT2D eigenvalue weighted by molar-refractivity contribution is 7.99. The van der Waals surface area contributed by atoms with E-state index >= 15 is 0 Å². The van der Waals surface area contributed by atoms with Gasteiger partial charge in [-0.1, -0.05) is 68.9 Å². The van der Waals surface area contributed by atoms with Gasteiger partial charge < -0.3 is 9.84 Å². The number of phenols is 1. The fraction of sp³-hybridized carbons (Fsp3) is 0.214. The molecular weight excluding hydrogens is 486 g/mol. The van der Waals surface area contributed by atoms with E-state index < -0.39 is 0 Å². The van der Waals surface area contributed by atoms with Crippen LogP contribution >= 0.6 is 11.8 Å². The van der Waals surface area contributed by atoms with Gasteiger partial charge in [-0.15, -0.1) is 10.2 Å². The molecule has 4 rings (SSSR count). The zero-order valence-corrected chi connectivity index (χ0v) is 22.0. The monoisotopic (exact) mass is 515 g/mol. The predicted octanol–water partition coefficient (Wildman–Crippen LogP) is 5.19. The molecule has 0 spiro atoms. The maximum Gasteiger partial charge on any atom is 0.250 e. The lowest BCUT2D eigenvalue weighted by molar-refractivity contribution is -0.118. The number of carbonyl (C=O) groups is 1. The summed E-state index contributed by atoms with van der Waals surface area (Å²) in [7, 11) is 1.62. The predicted molar refractivity (Wildman–Crippen MR) is 147 cm³/mol. The average Bonchev–Trinajstić information content (AvgIpc) is 3.32. The summed E-state index contributed by atoms with van der Waals surface area (Å²) in [6.07, 6.45) is 1.40. The van der Waals surface area contributed by atoms with E-state index in [0.29, 0.717) is 16.5 Å². The molecule has 1 heterocycles. The van der Waals surface area contributed by atoms with Crippen molar-refractivity contribution in [3.8, 4) is 28.6 Å². The number of carbonyl (C=O) groups excluding carboxylic acids is 1. The summed E-state index contributed by atoms with van der Waals surface area (Å²) in [5.41, 5.74) is 6.03. The number of hydrogen-bond acceptors (Lipinski definition) is 7. The van der Waals surface area contributed by atoms with Crippen molar-refractivity contribution in [3.63, 3.8) is 0 Å². The van der Waals surface area contributed by atoms with Gasteiger partial charge >= 0.3 is 0 Å². The zero-order valence-electron chi connectivity index (χ0n) is 21.2. The minimum Gasteiger partial charge on any atom is -0.507 e. The Morgan fingerprint density at radius 3 is 2.41 bits per heavy atom. The van der Waals surface area contributed by atoms with Crippen molar-refractivity contribution >= 4 is 23.9 Å². The molecule has 0 aliphatic heterocycles. The Morgan fingerprint density at radius 1 is 1.05 bits per heavy atom. The van der Waals surface area contributed by atoms with Crippen LogP contribution in [0.25, 0.3) is 17.1 Å². The molecule has 0 saturated carbocycles. The first-order chi connectivity index (χ1) is 17.8. The molecule has 0 radical (unpaired) electrons. The van der Waals surface area contributed by atoms with Crippen molar-refractivity contribution in [1.29, 1.82) is 0 Å². The van der Waals surface area contributed by atoms with Gasteiger partial charge in [-0.3, -0.25) is 9.36 Å². The lowest BCUT2D eigenvalue weighted by Crippen LogP contribution is -2.20. The summed E-state index contributed by atoms with van der Waals surface area (Å²) in [6, 6.07) is 22.6. The van der Waals surface area contributed by atoms with Gasteiger partial charge in [-0.05, 0) is 47.4 Å². The molecule has 2 N–H and O–H groups in total. The van der Waals surface area contributed by atoms with Crippen LogP contribution in [-0.2, 0) is 10.2 Å². The van der Waals surface area contributed by atoms with Crippen LogP contribution in [0.1, 0.15) is 31.9 Å². The van der Waals surface area contributed by atoms with Gasteiger partial charge in [0.1, 0.15) is 11.5 Å². The number of nitrogens with zero attached hydrogens (tertiary/aromatic N) is 4. The quantitative estimate of drug-likeness (QED) is 0.190. The van der Waals surface area contributed by atoms with E-state index in [1.54, 1.807) is 31.4 Å². The van der Waals surface area contributed by atoms with Crippen LogP contribution < -0.4 is 10.2 Å². The van der Waals surface area contributed by atoms with Crippen LogP contribution in [0.4, 0.5) is 0 Å². The van der Waals surface area contributed by atoms with Gasteiger partial charge in [0, 0.05) is 16.8 Å². The van der Waals surface area contributed by atoms with Crippen LogP contribution in [0.5, 0.6) is 11.5 Å². The number of para-hydroxylation sites is 1. The van der Waals surface area contributed by atoms with Gasteiger partial charge in [-0.25, -0.2) is 5.43 Å². The first-order valence-corrected chi connectivity index (χ1v) is 12.7. The fourth-order valence-corrected chi connectivity index (χ4v) is 4.31. The number of nitrogens with one attached hydrogen (secondary N) is 1. The second-order valence-corrected chi connectivity index (χ2v) is 10.3. The maximum absolute atomic E-state index is 12.4. The average molecular weight is 516 g/mol. The number of phenolic OH excluding ortho intramolecular Hbond substituents is 1. The molecular formula is C28H29N5O3S. The minimum atomic E-state index is -0.308. The number of benzene rings is 3. The highest BCUT2D eigenvalue weighted by Crippen LogP contribution is 2.30. The van der Waals surface area contributed by atoms with E-state index in [4.69, 9.17) is 4.74 Å².